The standard InChI is InChI=1S/C20H20N6O/c27-20(25-13-11-24(12-14-25)19-22-15-21-16-23-19)26(17-7-3-1-4-8-17)18-9-5-2-6-10-18/h1-10,15-16H,11-14H2. The van der Waals surface area contributed by atoms with Crippen molar-refractivity contribution >= 4 is 23.4 Å². The molecule has 0 aliphatic carbocycles. The number of urea groups is 1. The Balaban J connectivity index is 1.53. The van der Waals surface area contributed by atoms with Crippen LogP contribution in [0.4, 0.5) is 22.1 Å². The van der Waals surface area contributed by atoms with Crippen LogP contribution in [-0.4, -0.2) is 52.1 Å². The monoisotopic (exact) mass is 360 g/mol. The number of carbonyl (C=O) groups is 1. The molecule has 7 nitrogen and oxygen atoms in total. The van der Waals surface area contributed by atoms with Gasteiger partial charge in [0.15, 0.2) is 0 Å². The molecule has 0 radical (unpaired) electrons. The van der Waals surface area contributed by atoms with Gasteiger partial charge in [0.2, 0.25) is 5.95 Å². The van der Waals surface area contributed by atoms with E-state index >= 15 is 0 Å². The van der Waals surface area contributed by atoms with Crippen molar-refractivity contribution < 1.29 is 4.79 Å². The first-order chi connectivity index (χ1) is 13.3. The van der Waals surface area contributed by atoms with Crippen molar-refractivity contribution in [2.24, 2.45) is 0 Å². The summed E-state index contributed by atoms with van der Waals surface area (Å²) in [5, 5.41) is 0. The number of rotatable bonds is 3. The molecule has 2 aromatic carbocycles. The van der Waals surface area contributed by atoms with Crippen molar-refractivity contribution in [3.05, 3.63) is 73.3 Å². The van der Waals surface area contributed by atoms with E-state index in [1.54, 1.807) is 4.90 Å². The van der Waals surface area contributed by atoms with Crippen LogP contribution >= 0.6 is 0 Å². The molecule has 2 amide bonds. The van der Waals surface area contributed by atoms with Gasteiger partial charge in [0.05, 0.1) is 11.4 Å². The predicted molar refractivity (Wildman–Crippen MR) is 104 cm³/mol. The zero-order valence-corrected chi connectivity index (χ0v) is 14.8. The highest BCUT2D eigenvalue weighted by Crippen LogP contribution is 2.27. The highest BCUT2D eigenvalue weighted by molar-refractivity contribution is 5.99. The summed E-state index contributed by atoms with van der Waals surface area (Å²) < 4.78 is 0. The van der Waals surface area contributed by atoms with Crippen LogP contribution in [0.3, 0.4) is 0 Å². The zero-order valence-electron chi connectivity index (χ0n) is 14.8. The highest BCUT2D eigenvalue weighted by atomic mass is 16.2. The average molecular weight is 360 g/mol. The normalized spacial score (nSPS) is 14.1. The lowest BCUT2D eigenvalue weighted by Gasteiger charge is -2.37. The maximum atomic E-state index is 13.3. The van der Waals surface area contributed by atoms with Crippen LogP contribution in [0.5, 0.6) is 0 Å². The maximum Gasteiger partial charge on any atom is 0.329 e. The molecule has 136 valence electrons. The molecule has 1 aliphatic heterocycles. The lowest BCUT2D eigenvalue weighted by atomic mass is 10.2. The second-order valence-corrected chi connectivity index (χ2v) is 6.20. The number of carbonyl (C=O) groups excluding carboxylic acids is 1. The first-order valence-electron chi connectivity index (χ1n) is 8.89. The van der Waals surface area contributed by atoms with Gasteiger partial charge in [-0.3, -0.25) is 4.90 Å². The van der Waals surface area contributed by atoms with Crippen molar-refractivity contribution in [2.45, 2.75) is 0 Å². The van der Waals surface area contributed by atoms with Crippen molar-refractivity contribution in [1.29, 1.82) is 0 Å². The van der Waals surface area contributed by atoms with E-state index in [9.17, 15) is 4.79 Å². The van der Waals surface area contributed by atoms with Gasteiger partial charge in [-0.2, -0.15) is 0 Å². The van der Waals surface area contributed by atoms with Crippen molar-refractivity contribution in [3.8, 4) is 0 Å². The van der Waals surface area contributed by atoms with Gasteiger partial charge in [-0.05, 0) is 24.3 Å². The summed E-state index contributed by atoms with van der Waals surface area (Å²) in [5.74, 6) is 0.653. The maximum absolute atomic E-state index is 13.3. The Labute approximate surface area is 157 Å². The predicted octanol–water partition coefficient (Wildman–Crippen LogP) is 2.95. The van der Waals surface area contributed by atoms with Crippen molar-refractivity contribution in [1.82, 2.24) is 19.9 Å². The van der Waals surface area contributed by atoms with Gasteiger partial charge in [-0.1, -0.05) is 36.4 Å². The van der Waals surface area contributed by atoms with Crippen LogP contribution in [0.1, 0.15) is 0 Å². The van der Waals surface area contributed by atoms with E-state index in [0.717, 1.165) is 11.4 Å². The first-order valence-corrected chi connectivity index (χ1v) is 8.89. The fourth-order valence-electron chi connectivity index (χ4n) is 3.16. The van der Waals surface area contributed by atoms with E-state index in [2.05, 4.69) is 19.9 Å². The van der Waals surface area contributed by atoms with Gasteiger partial charge >= 0.3 is 6.03 Å². The number of piperazine rings is 1. The molecule has 0 saturated carbocycles. The van der Waals surface area contributed by atoms with Crippen LogP contribution in [0.15, 0.2) is 73.3 Å². The Bertz CT molecular complexity index is 827. The number of hydrogen-bond acceptors (Lipinski definition) is 5. The lowest BCUT2D eigenvalue weighted by Crippen LogP contribution is -2.52. The topological polar surface area (TPSA) is 65.5 Å². The van der Waals surface area contributed by atoms with E-state index in [0.29, 0.717) is 32.1 Å². The molecule has 0 unspecified atom stereocenters. The number of anilines is 3. The minimum atomic E-state index is -0.0253. The summed E-state index contributed by atoms with van der Waals surface area (Å²) in [7, 11) is 0. The van der Waals surface area contributed by atoms with Gasteiger partial charge in [0.25, 0.3) is 0 Å². The third kappa shape index (κ3) is 3.72. The molecule has 0 spiro atoms. The average Bonchev–Trinajstić information content (AvgIpc) is 2.76. The van der Waals surface area contributed by atoms with Crippen molar-refractivity contribution in [3.63, 3.8) is 0 Å². The molecule has 0 N–H and O–H groups in total. The minimum absolute atomic E-state index is 0.0253. The zero-order chi connectivity index (χ0) is 18.5. The molecule has 1 saturated heterocycles. The van der Waals surface area contributed by atoms with Crippen LogP contribution in [0.25, 0.3) is 0 Å². The molecule has 27 heavy (non-hydrogen) atoms. The van der Waals surface area contributed by atoms with Gasteiger partial charge < -0.3 is 9.80 Å². The number of nitrogens with zero attached hydrogens (tertiary/aromatic N) is 6. The van der Waals surface area contributed by atoms with Gasteiger partial charge in [-0.15, -0.1) is 0 Å². The number of para-hydroxylation sites is 2. The summed E-state index contributed by atoms with van der Waals surface area (Å²) in [4.78, 5) is 31.3. The quantitative estimate of drug-likeness (QED) is 0.718. The van der Waals surface area contributed by atoms with Crippen LogP contribution in [0.2, 0.25) is 0 Å². The molecular formula is C20H20N6O. The third-order valence-electron chi connectivity index (χ3n) is 4.53. The Morgan fingerprint density at radius 1 is 0.778 bits per heavy atom. The van der Waals surface area contributed by atoms with Crippen molar-refractivity contribution in [2.75, 3.05) is 36.0 Å². The fourth-order valence-corrected chi connectivity index (χ4v) is 3.16. The second kappa shape index (κ2) is 7.82. The number of hydrogen-bond donors (Lipinski definition) is 0. The Hall–Kier alpha value is -3.48. The highest BCUT2D eigenvalue weighted by Gasteiger charge is 2.28. The van der Waals surface area contributed by atoms with E-state index in [-0.39, 0.29) is 6.03 Å². The molecule has 2 heterocycles. The number of benzene rings is 2. The third-order valence-corrected chi connectivity index (χ3v) is 4.53. The molecule has 4 rings (SSSR count). The minimum Gasteiger partial charge on any atom is -0.337 e. The second-order valence-electron chi connectivity index (χ2n) is 6.20. The van der Waals surface area contributed by atoms with Crippen LogP contribution in [0, 0.1) is 0 Å². The largest absolute Gasteiger partial charge is 0.337 e. The summed E-state index contributed by atoms with van der Waals surface area (Å²) in [6.45, 7) is 2.60. The number of amides is 2. The summed E-state index contributed by atoms with van der Waals surface area (Å²) in [6, 6.07) is 19.4. The molecule has 0 atom stereocenters. The van der Waals surface area contributed by atoms with E-state index in [1.165, 1.54) is 12.7 Å². The Morgan fingerprint density at radius 2 is 1.30 bits per heavy atom. The van der Waals surface area contributed by atoms with Gasteiger partial charge in [-0.25, -0.2) is 19.7 Å². The van der Waals surface area contributed by atoms with Gasteiger partial charge in [0, 0.05) is 26.2 Å². The van der Waals surface area contributed by atoms with Crippen LogP contribution in [-0.2, 0) is 0 Å². The molecule has 3 aromatic rings. The molecule has 0 bridgehead atoms. The number of aromatic nitrogens is 3. The molecule has 1 aromatic heterocycles. The molecule has 7 heteroatoms. The Kier molecular flexibility index (Phi) is 4.91. The lowest BCUT2D eigenvalue weighted by molar-refractivity contribution is 0.203. The van der Waals surface area contributed by atoms with E-state index in [1.807, 2.05) is 65.6 Å². The smallest absolute Gasteiger partial charge is 0.329 e. The van der Waals surface area contributed by atoms with Crippen LogP contribution < -0.4 is 9.80 Å². The molecular weight excluding hydrogens is 340 g/mol. The SMILES string of the molecule is O=C(N1CCN(c2ncncn2)CC1)N(c1ccccc1)c1ccccc1. The molecule has 1 fully saturated rings. The van der Waals surface area contributed by atoms with E-state index < -0.39 is 0 Å². The molecule has 1 aliphatic rings. The van der Waals surface area contributed by atoms with E-state index in [4.69, 9.17) is 0 Å². The Morgan fingerprint density at radius 3 is 1.81 bits per heavy atom. The van der Waals surface area contributed by atoms with Gasteiger partial charge in [0.1, 0.15) is 12.7 Å². The fraction of sp³-hybridized carbons (Fsp3) is 0.200. The first kappa shape index (κ1) is 17.0. The summed E-state index contributed by atoms with van der Waals surface area (Å²) >= 11 is 0. The summed E-state index contributed by atoms with van der Waals surface area (Å²) in [6.07, 6.45) is 2.98. The summed E-state index contributed by atoms with van der Waals surface area (Å²) in [5.41, 5.74) is 1.71.